The van der Waals surface area contributed by atoms with Gasteiger partial charge in [0.15, 0.2) is 0 Å². The van der Waals surface area contributed by atoms with Crippen LogP contribution in [-0.2, 0) is 28.6 Å². The fourth-order valence-corrected chi connectivity index (χ4v) is 5.40. The van der Waals surface area contributed by atoms with E-state index in [1.807, 2.05) is 0 Å². The molecule has 0 aromatic heterocycles. The van der Waals surface area contributed by atoms with E-state index in [0.29, 0.717) is 19.5 Å². The Kier molecular flexibility index (Phi) is 10.2. The molecule has 3 fully saturated rings. The highest BCUT2D eigenvalue weighted by Crippen LogP contribution is 2.45. The molecule has 236 valence electrons. The number of amides is 4. The second-order valence-electron chi connectivity index (χ2n) is 13.5. The third-order valence-electron chi connectivity index (χ3n) is 7.77. The van der Waals surface area contributed by atoms with Gasteiger partial charge < -0.3 is 34.6 Å². The molecule has 1 aliphatic carbocycles. The summed E-state index contributed by atoms with van der Waals surface area (Å²) >= 11 is 0. The van der Waals surface area contributed by atoms with Crippen molar-refractivity contribution < 1.29 is 38.2 Å². The Balaban J connectivity index is 1.83. The Morgan fingerprint density at radius 2 is 1.69 bits per heavy atom. The number of carbonyl (C=O) groups is 5. The Bertz CT molecular complexity index is 1060. The molecule has 2 heterocycles. The molecule has 4 amide bonds. The standard InChI is InChI=1S/C30H48N4O8/c1-9-19-17-30(19,25(37)40-10-2)32-26(38)34-18-20(41-27(39)33-14-12-11-13-15-33)16-21(34)23(35)31-22(28(3,4)5)24(36)42-29(6,7)8/h9,19-22H,1,10-18H2,2-8H3,(H,31,35)(H,32,38)/t19-,20-,21-,22+,30+/m0/s1. The van der Waals surface area contributed by atoms with E-state index in [4.69, 9.17) is 14.2 Å². The van der Waals surface area contributed by atoms with Crippen LogP contribution in [0.2, 0.25) is 0 Å². The fraction of sp³-hybridized carbons (Fsp3) is 0.767. The van der Waals surface area contributed by atoms with Crippen LogP contribution in [0.5, 0.6) is 0 Å². The van der Waals surface area contributed by atoms with Crippen molar-refractivity contribution in [2.24, 2.45) is 11.3 Å². The number of urea groups is 1. The van der Waals surface area contributed by atoms with Crippen molar-refractivity contribution >= 4 is 30.0 Å². The molecule has 42 heavy (non-hydrogen) atoms. The number of likely N-dealkylation sites (tertiary alicyclic amines) is 2. The molecule has 3 aliphatic rings. The lowest BCUT2D eigenvalue weighted by molar-refractivity contribution is -0.162. The molecule has 12 nitrogen and oxygen atoms in total. The highest BCUT2D eigenvalue weighted by atomic mass is 16.6. The molecule has 0 aromatic rings. The molecule has 0 unspecified atom stereocenters. The molecule has 5 atom stereocenters. The summed E-state index contributed by atoms with van der Waals surface area (Å²) in [6.45, 7) is 17.3. The lowest BCUT2D eigenvalue weighted by Crippen LogP contribution is -2.58. The number of hydrogen-bond donors (Lipinski definition) is 2. The molecule has 2 saturated heterocycles. The van der Waals surface area contributed by atoms with Gasteiger partial charge in [0.25, 0.3) is 0 Å². The predicted molar refractivity (Wildman–Crippen MR) is 154 cm³/mol. The summed E-state index contributed by atoms with van der Waals surface area (Å²) in [5, 5.41) is 5.56. The van der Waals surface area contributed by atoms with E-state index in [2.05, 4.69) is 17.2 Å². The van der Waals surface area contributed by atoms with Crippen LogP contribution < -0.4 is 10.6 Å². The van der Waals surface area contributed by atoms with Crippen LogP contribution in [0, 0.1) is 11.3 Å². The molecule has 0 bridgehead atoms. The van der Waals surface area contributed by atoms with Crippen LogP contribution in [0.4, 0.5) is 9.59 Å². The lowest BCUT2D eigenvalue weighted by atomic mass is 9.86. The van der Waals surface area contributed by atoms with Gasteiger partial charge in [-0.15, -0.1) is 6.58 Å². The Morgan fingerprint density at radius 3 is 2.21 bits per heavy atom. The monoisotopic (exact) mass is 592 g/mol. The molecule has 2 N–H and O–H groups in total. The highest BCUT2D eigenvalue weighted by Gasteiger charge is 2.62. The van der Waals surface area contributed by atoms with Gasteiger partial charge in [0.1, 0.15) is 29.3 Å². The number of ether oxygens (including phenoxy) is 3. The molecule has 2 aliphatic heterocycles. The number of rotatable bonds is 8. The van der Waals surface area contributed by atoms with Crippen molar-refractivity contribution in [2.45, 2.75) is 110 Å². The first kappa shape index (κ1) is 33.2. The number of esters is 2. The smallest absolute Gasteiger partial charge is 0.410 e. The van der Waals surface area contributed by atoms with Crippen LogP contribution in [0.3, 0.4) is 0 Å². The van der Waals surface area contributed by atoms with Crippen LogP contribution >= 0.6 is 0 Å². The third kappa shape index (κ3) is 7.95. The van der Waals surface area contributed by atoms with Gasteiger partial charge >= 0.3 is 24.1 Å². The topological polar surface area (TPSA) is 144 Å². The molecule has 1 saturated carbocycles. The van der Waals surface area contributed by atoms with Crippen LogP contribution in [0.1, 0.15) is 80.6 Å². The summed E-state index contributed by atoms with van der Waals surface area (Å²) in [6, 6.07) is -2.76. The Morgan fingerprint density at radius 1 is 1.05 bits per heavy atom. The van der Waals surface area contributed by atoms with Gasteiger partial charge in [-0.2, -0.15) is 0 Å². The van der Waals surface area contributed by atoms with E-state index in [1.165, 1.54) is 4.90 Å². The number of hydrogen-bond acceptors (Lipinski definition) is 8. The average Bonchev–Trinajstić information content (AvgIpc) is 3.45. The summed E-state index contributed by atoms with van der Waals surface area (Å²) in [7, 11) is 0. The van der Waals surface area contributed by atoms with E-state index >= 15 is 0 Å². The molecular formula is C30H48N4O8. The normalized spacial score (nSPS) is 26.5. The van der Waals surface area contributed by atoms with Crippen molar-refractivity contribution in [3.8, 4) is 0 Å². The number of piperidine rings is 1. The average molecular weight is 593 g/mol. The molecule has 0 aromatic carbocycles. The van der Waals surface area contributed by atoms with Gasteiger partial charge in [0.2, 0.25) is 5.91 Å². The maximum atomic E-state index is 13.8. The van der Waals surface area contributed by atoms with E-state index in [1.54, 1.807) is 59.4 Å². The van der Waals surface area contributed by atoms with Gasteiger partial charge in [-0.3, -0.25) is 4.79 Å². The van der Waals surface area contributed by atoms with E-state index in [0.717, 1.165) is 19.3 Å². The highest BCUT2D eigenvalue weighted by molar-refractivity contribution is 5.95. The summed E-state index contributed by atoms with van der Waals surface area (Å²) < 4.78 is 16.5. The zero-order chi connectivity index (χ0) is 31.5. The summed E-state index contributed by atoms with van der Waals surface area (Å²) in [5.41, 5.74) is -2.75. The second-order valence-corrected chi connectivity index (χ2v) is 13.5. The van der Waals surface area contributed by atoms with E-state index in [-0.39, 0.29) is 25.5 Å². The maximum absolute atomic E-state index is 13.8. The van der Waals surface area contributed by atoms with Crippen molar-refractivity contribution in [1.29, 1.82) is 0 Å². The zero-order valence-corrected chi connectivity index (χ0v) is 26.1. The maximum Gasteiger partial charge on any atom is 0.410 e. The molecular weight excluding hydrogens is 544 g/mol. The first-order valence-electron chi connectivity index (χ1n) is 14.9. The SMILES string of the molecule is C=C[C@H]1C[C@]1(NC(=O)N1C[C@@H](OC(=O)N2CCCCC2)C[C@H]1C(=O)N[C@H](C(=O)OC(C)(C)C)C(C)(C)C)C(=O)OCC. The Labute approximate surface area is 248 Å². The summed E-state index contributed by atoms with van der Waals surface area (Å²) in [6.07, 6.45) is 3.51. The van der Waals surface area contributed by atoms with Crippen molar-refractivity contribution in [3.05, 3.63) is 12.7 Å². The van der Waals surface area contributed by atoms with Crippen molar-refractivity contribution in [3.63, 3.8) is 0 Å². The summed E-state index contributed by atoms with van der Waals surface area (Å²) in [5.74, 6) is -2.08. The minimum Gasteiger partial charge on any atom is -0.464 e. The van der Waals surface area contributed by atoms with E-state index in [9.17, 15) is 24.0 Å². The second kappa shape index (κ2) is 12.9. The van der Waals surface area contributed by atoms with Gasteiger partial charge in [0.05, 0.1) is 13.2 Å². The zero-order valence-electron chi connectivity index (χ0n) is 26.1. The molecule has 12 heteroatoms. The number of nitrogens with zero attached hydrogens (tertiary/aromatic N) is 2. The van der Waals surface area contributed by atoms with Crippen LogP contribution in [0.25, 0.3) is 0 Å². The van der Waals surface area contributed by atoms with Gasteiger partial charge in [0, 0.05) is 25.4 Å². The van der Waals surface area contributed by atoms with Crippen LogP contribution in [-0.4, -0.2) is 95.3 Å². The van der Waals surface area contributed by atoms with Gasteiger partial charge in [-0.05, 0) is 58.8 Å². The molecule has 0 spiro atoms. The van der Waals surface area contributed by atoms with Crippen molar-refractivity contribution in [2.75, 3.05) is 26.2 Å². The largest absolute Gasteiger partial charge is 0.464 e. The molecule has 3 rings (SSSR count). The third-order valence-corrected chi connectivity index (χ3v) is 7.77. The lowest BCUT2D eigenvalue weighted by Gasteiger charge is -2.34. The first-order valence-corrected chi connectivity index (χ1v) is 14.9. The number of carbonyl (C=O) groups excluding carboxylic acids is 5. The van der Waals surface area contributed by atoms with Crippen molar-refractivity contribution in [1.82, 2.24) is 20.4 Å². The number of nitrogens with one attached hydrogen (secondary N) is 2. The van der Waals surface area contributed by atoms with Gasteiger partial charge in [-0.25, -0.2) is 19.2 Å². The predicted octanol–water partition coefficient (Wildman–Crippen LogP) is 3.14. The molecule has 0 radical (unpaired) electrons. The van der Waals surface area contributed by atoms with E-state index < -0.39 is 64.7 Å². The first-order chi connectivity index (χ1) is 19.5. The van der Waals surface area contributed by atoms with Gasteiger partial charge in [-0.1, -0.05) is 26.8 Å². The minimum absolute atomic E-state index is 0.0291. The summed E-state index contributed by atoms with van der Waals surface area (Å²) in [4.78, 5) is 69.1. The quantitative estimate of drug-likeness (QED) is 0.249. The van der Waals surface area contributed by atoms with Crippen LogP contribution in [0.15, 0.2) is 12.7 Å². The fourth-order valence-electron chi connectivity index (χ4n) is 5.40. The minimum atomic E-state index is -1.27. The Hall–Kier alpha value is -3.31.